The number of anilines is 1. The van der Waals surface area contributed by atoms with Gasteiger partial charge in [0.25, 0.3) is 0 Å². The van der Waals surface area contributed by atoms with E-state index in [0.717, 1.165) is 5.69 Å². The molecule has 2 aromatic carbocycles. The summed E-state index contributed by atoms with van der Waals surface area (Å²) >= 11 is 0. The second kappa shape index (κ2) is 8.94. The van der Waals surface area contributed by atoms with E-state index >= 15 is 0 Å². The SMILES string of the molecule is CC(C)C(NS(=O)(=O)c1ccc(N=Nc2ccc(N(C)C)cc2)cc1)C(=O)O. The highest BCUT2D eigenvalue weighted by Crippen LogP contribution is 2.22. The zero-order valence-corrected chi connectivity index (χ0v) is 17.0. The predicted molar refractivity (Wildman–Crippen MR) is 108 cm³/mol. The Balaban J connectivity index is 2.12. The number of carboxylic acid groups (broad SMARTS) is 1. The van der Waals surface area contributed by atoms with Crippen molar-refractivity contribution in [1.82, 2.24) is 4.72 Å². The molecule has 0 aliphatic carbocycles. The van der Waals surface area contributed by atoms with E-state index in [4.69, 9.17) is 5.11 Å². The van der Waals surface area contributed by atoms with Gasteiger partial charge in [0.05, 0.1) is 16.3 Å². The van der Waals surface area contributed by atoms with Gasteiger partial charge < -0.3 is 10.0 Å². The first-order chi connectivity index (χ1) is 13.1. The van der Waals surface area contributed by atoms with Gasteiger partial charge in [-0.15, -0.1) is 0 Å². The lowest BCUT2D eigenvalue weighted by atomic mass is 10.1. The molecule has 1 unspecified atom stereocenters. The van der Waals surface area contributed by atoms with Gasteiger partial charge in [0.15, 0.2) is 0 Å². The summed E-state index contributed by atoms with van der Waals surface area (Å²) in [5, 5.41) is 17.4. The van der Waals surface area contributed by atoms with Gasteiger partial charge in [0, 0.05) is 19.8 Å². The molecule has 0 radical (unpaired) electrons. The molecule has 0 saturated carbocycles. The summed E-state index contributed by atoms with van der Waals surface area (Å²) in [4.78, 5) is 13.2. The maximum absolute atomic E-state index is 12.4. The van der Waals surface area contributed by atoms with E-state index < -0.39 is 22.0 Å². The molecule has 2 rings (SSSR count). The fourth-order valence-electron chi connectivity index (χ4n) is 2.33. The molecule has 0 aromatic heterocycles. The van der Waals surface area contributed by atoms with E-state index in [0.29, 0.717) is 11.4 Å². The summed E-state index contributed by atoms with van der Waals surface area (Å²) in [6.45, 7) is 3.27. The van der Waals surface area contributed by atoms with Crippen LogP contribution in [0.15, 0.2) is 63.7 Å². The number of hydrogen-bond donors (Lipinski definition) is 2. The molecule has 8 nitrogen and oxygen atoms in total. The molecule has 0 aliphatic heterocycles. The molecule has 0 bridgehead atoms. The third-order valence-electron chi connectivity index (χ3n) is 4.01. The van der Waals surface area contributed by atoms with E-state index in [1.807, 2.05) is 43.3 Å². The molecule has 28 heavy (non-hydrogen) atoms. The van der Waals surface area contributed by atoms with E-state index in [-0.39, 0.29) is 10.8 Å². The quantitative estimate of drug-likeness (QED) is 0.654. The lowest BCUT2D eigenvalue weighted by molar-refractivity contribution is -0.140. The Hall–Kier alpha value is -2.78. The summed E-state index contributed by atoms with van der Waals surface area (Å²) in [6, 6.07) is 12.1. The van der Waals surface area contributed by atoms with Crippen molar-refractivity contribution in [2.24, 2.45) is 16.1 Å². The minimum Gasteiger partial charge on any atom is -0.480 e. The highest BCUT2D eigenvalue weighted by atomic mass is 32.2. The summed E-state index contributed by atoms with van der Waals surface area (Å²) in [6.07, 6.45) is 0. The maximum Gasteiger partial charge on any atom is 0.322 e. The van der Waals surface area contributed by atoms with Gasteiger partial charge in [0.1, 0.15) is 6.04 Å². The molecule has 1 atom stereocenters. The van der Waals surface area contributed by atoms with E-state index in [1.54, 1.807) is 13.8 Å². The van der Waals surface area contributed by atoms with E-state index in [1.165, 1.54) is 24.3 Å². The molecule has 0 amide bonds. The third-order valence-corrected chi connectivity index (χ3v) is 5.47. The van der Waals surface area contributed by atoms with Crippen molar-refractivity contribution in [2.75, 3.05) is 19.0 Å². The van der Waals surface area contributed by atoms with Crippen molar-refractivity contribution in [3.05, 3.63) is 48.5 Å². The smallest absolute Gasteiger partial charge is 0.322 e. The largest absolute Gasteiger partial charge is 0.480 e. The van der Waals surface area contributed by atoms with Crippen molar-refractivity contribution in [3.8, 4) is 0 Å². The zero-order valence-electron chi connectivity index (χ0n) is 16.2. The van der Waals surface area contributed by atoms with Gasteiger partial charge in [-0.1, -0.05) is 13.8 Å². The molecule has 2 aromatic rings. The second-order valence-electron chi connectivity index (χ2n) is 6.79. The zero-order chi connectivity index (χ0) is 20.9. The number of benzene rings is 2. The van der Waals surface area contributed by atoms with Crippen LogP contribution in [0, 0.1) is 5.92 Å². The Bertz CT molecular complexity index is 937. The summed E-state index contributed by atoms with van der Waals surface area (Å²) < 4.78 is 27.0. The highest BCUT2D eigenvalue weighted by Gasteiger charge is 2.27. The van der Waals surface area contributed by atoms with Crippen molar-refractivity contribution < 1.29 is 18.3 Å². The fraction of sp³-hybridized carbons (Fsp3) is 0.316. The van der Waals surface area contributed by atoms with Gasteiger partial charge in [-0.25, -0.2) is 8.42 Å². The predicted octanol–water partition coefficient (Wildman–Crippen LogP) is 3.56. The number of carbonyl (C=O) groups is 1. The Labute approximate surface area is 165 Å². The van der Waals surface area contributed by atoms with Crippen LogP contribution in [-0.2, 0) is 14.8 Å². The monoisotopic (exact) mass is 404 g/mol. The second-order valence-corrected chi connectivity index (χ2v) is 8.50. The molecule has 0 heterocycles. The molecule has 2 N–H and O–H groups in total. The Kier molecular flexibility index (Phi) is 6.87. The Morgan fingerprint density at radius 2 is 1.43 bits per heavy atom. The lowest BCUT2D eigenvalue weighted by Crippen LogP contribution is -2.44. The number of nitrogens with one attached hydrogen (secondary N) is 1. The normalized spacial score (nSPS) is 13.0. The first kappa shape index (κ1) is 21.5. The Morgan fingerprint density at radius 1 is 0.964 bits per heavy atom. The minimum atomic E-state index is -3.95. The number of hydrogen-bond acceptors (Lipinski definition) is 6. The number of sulfonamides is 1. The van der Waals surface area contributed by atoms with Crippen LogP contribution in [0.2, 0.25) is 0 Å². The highest BCUT2D eigenvalue weighted by molar-refractivity contribution is 7.89. The van der Waals surface area contributed by atoms with Gasteiger partial charge in [-0.05, 0) is 54.4 Å². The molecule has 0 fully saturated rings. The van der Waals surface area contributed by atoms with E-state index in [2.05, 4.69) is 15.0 Å². The van der Waals surface area contributed by atoms with Crippen LogP contribution in [-0.4, -0.2) is 39.6 Å². The van der Waals surface area contributed by atoms with Crippen molar-refractivity contribution >= 4 is 33.1 Å². The molecule has 0 saturated heterocycles. The Morgan fingerprint density at radius 3 is 1.82 bits per heavy atom. The summed E-state index contributed by atoms with van der Waals surface area (Å²) in [7, 11) is -0.0636. The molecule has 150 valence electrons. The molecule has 0 spiro atoms. The number of rotatable bonds is 8. The molecule has 0 aliphatic rings. The van der Waals surface area contributed by atoms with E-state index in [9.17, 15) is 13.2 Å². The first-order valence-electron chi connectivity index (χ1n) is 8.64. The fourth-order valence-corrected chi connectivity index (χ4v) is 3.67. The van der Waals surface area contributed by atoms with Gasteiger partial charge in [-0.2, -0.15) is 15.0 Å². The number of nitrogens with zero attached hydrogens (tertiary/aromatic N) is 3. The molecular weight excluding hydrogens is 380 g/mol. The summed E-state index contributed by atoms with van der Waals surface area (Å²) in [5.74, 6) is -1.61. The van der Waals surface area contributed by atoms with Crippen LogP contribution in [0.1, 0.15) is 13.8 Å². The molecule has 9 heteroatoms. The number of aliphatic carboxylic acids is 1. The van der Waals surface area contributed by atoms with Crippen LogP contribution >= 0.6 is 0 Å². The number of azo groups is 1. The van der Waals surface area contributed by atoms with Crippen LogP contribution in [0.5, 0.6) is 0 Å². The van der Waals surface area contributed by atoms with Crippen LogP contribution in [0.25, 0.3) is 0 Å². The topological polar surface area (TPSA) is 111 Å². The van der Waals surface area contributed by atoms with Crippen LogP contribution in [0.4, 0.5) is 17.1 Å². The molecular formula is C19H24N4O4S. The van der Waals surface area contributed by atoms with Crippen LogP contribution in [0.3, 0.4) is 0 Å². The minimum absolute atomic E-state index is 0.0336. The number of carboxylic acids is 1. The van der Waals surface area contributed by atoms with Crippen molar-refractivity contribution in [3.63, 3.8) is 0 Å². The third kappa shape index (κ3) is 5.61. The lowest BCUT2D eigenvalue weighted by Gasteiger charge is -2.17. The maximum atomic E-state index is 12.4. The average Bonchev–Trinajstić information content (AvgIpc) is 2.64. The average molecular weight is 404 g/mol. The van der Waals surface area contributed by atoms with Gasteiger partial charge >= 0.3 is 5.97 Å². The van der Waals surface area contributed by atoms with Crippen LogP contribution < -0.4 is 9.62 Å². The van der Waals surface area contributed by atoms with Crippen molar-refractivity contribution in [1.29, 1.82) is 0 Å². The standard InChI is InChI=1S/C19H24N4O4S/c1-13(2)18(19(24)25)22-28(26,27)17-11-7-15(8-12-17)21-20-14-5-9-16(10-6-14)23(3)4/h5-13,18,22H,1-4H3,(H,24,25). The summed E-state index contributed by atoms with van der Waals surface area (Å²) in [5.41, 5.74) is 2.20. The van der Waals surface area contributed by atoms with Gasteiger partial charge in [0.2, 0.25) is 10.0 Å². The van der Waals surface area contributed by atoms with Gasteiger partial charge in [-0.3, -0.25) is 4.79 Å². The first-order valence-corrected chi connectivity index (χ1v) is 10.1. The van der Waals surface area contributed by atoms with Crippen molar-refractivity contribution in [2.45, 2.75) is 24.8 Å².